The molecule has 0 radical (unpaired) electrons. The maximum absolute atomic E-state index is 12.5. The van der Waals surface area contributed by atoms with Crippen LogP contribution in [0.15, 0.2) is 69.6 Å². The lowest BCUT2D eigenvalue weighted by Gasteiger charge is -2.09. The molecule has 0 aliphatic rings. The van der Waals surface area contributed by atoms with E-state index in [4.69, 9.17) is 0 Å². The summed E-state index contributed by atoms with van der Waals surface area (Å²) in [4.78, 5) is 27.5. The molecule has 8 heteroatoms. The van der Waals surface area contributed by atoms with Crippen molar-refractivity contribution in [1.29, 1.82) is 0 Å². The molecular weight excluding hydrogens is 396 g/mol. The largest absolute Gasteiger partial charge is 0.320 e. The number of hydrogen-bond donors (Lipinski definition) is 1. The van der Waals surface area contributed by atoms with E-state index in [9.17, 15) is 4.79 Å². The number of aryl methyl sites for hydroxylation is 1. The molecule has 4 aromatic rings. The Balaban J connectivity index is 1.47. The zero-order valence-electron chi connectivity index (χ0n) is 14.2. The van der Waals surface area contributed by atoms with Gasteiger partial charge in [0.1, 0.15) is 10.7 Å². The number of anilines is 1. The normalized spacial score (nSPS) is 10.7. The maximum atomic E-state index is 12.5. The minimum Gasteiger partial charge on any atom is -0.320 e. The van der Waals surface area contributed by atoms with Crippen molar-refractivity contribution in [1.82, 2.24) is 15.0 Å². The van der Waals surface area contributed by atoms with Crippen molar-refractivity contribution < 1.29 is 4.79 Å². The Morgan fingerprint density at radius 1 is 1.11 bits per heavy atom. The van der Waals surface area contributed by atoms with Gasteiger partial charge in [-0.3, -0.25) is 4.79 Å². The van der Waals surface area contributed by atoms with Crippen LogP contribution in [-0.2, 0) is 0 Å². The lowest BCUT2D eigenvalue weighted by molar-refractivity contribution is 0.102. The maximum Gasteiger partial charge on any atom is 0.275 e. The quantitative estimate of drug-likeness (QED) is 0.448. The number of amides is 1. The average Bonchev–Trinajstić information content (AvgIpc) is 3.36. The summed E-state index contributed by atoms with van der Waals surface area (Å²) in [7, 11) is 0. The van der Waals surface area contributed by atoms with Crippen LogP contribution in [0.4, 0.5) is 5.69 Å². The number of carbonyl (C=O) groups excluding carboxylic acids is 1. The average molecular weight is 411 g/mol. The van der Waals surface area contributed by atoms with E-state index in [1.807, 2.05) is 42.6 Å². The molecule has 0 aliphatic heterocycles. The van der Waals surface area contributed by atoms with Gasteiger partial charge in [0, 0.05) is 28.4 Å². The van der Waals surface area contributed by atoms with Crippen molar-refractivity contribution in [3.05, 3.63) is 70.8 Å². The van der Waals surface area contributed by atoms with E-state index >= 15 is 0 Å². The van der Waals surface area contributed by atoms with Gasteiger partial charge in [-0.2, -0.15) is 0 Å². The van der Waals surface area contributed by atoms with Crippen LogP contribution in [0.3, 0.4) is 0 Å². The second kappa shape index (κ2) is 7.99. The standard InChI is InChI=1S/C19H14N4OS3/c1-12-10-13(27-19-20-7-3-8-21-19)5-6-14(12)22-17(24)15-11-26-18(23-15)16-4-2-9-25-16/h2-11H,1H3,(H,22,24). The van der Waals surface area contributed by atoms with Crippen molar-refractivity contribution >= 4 is 46.0 Å². The van der Waals surface area contributed by atoms with Gasteiger partial charge in [-0.1, -0.05) is 6.07 Å². The number of nitrogens with one attached hydrogen (secondary N) is 1. The van der Waals surface area contributed by atoms with Crippen LogP contribution in [0.1, 0.15) is 16.1 Å². The lowest BCUT2D eigenvalue weighted by atomic mass is 10.2. The first-order chi connectivity index (χ1) is 13.2. The van der Waals surface area contributed by atoms with Gasteiger partial charge in [-0.25, -0.2) is 15.0 Å². The Morgan fingerprint density at radius 3 is 2.70 bits per heavy atom. The molecule has 4 rings (SSSR count). The van der Waals surface area contributed by atoms with Crippen molar-refractivity contribution in [2.24, 2.45) is 0 Å². The van der Waals surface area contributed by atoms with Crippen molar-refractivity contribution in [3.63, 3.8) is 0 Å². The van der Waals surface area contributed by atoms with E-state index in [0.29, 0.717) is 10.9 Å². The summed E-state index contributed by atoms with van der Waals surface area (Å²) >= 11 is 4.57. The fraction of sp³-hybridized carbons (Fsp3) is 0.0526. The number of nitrogens with zero attached hydrogens (tertiary/aromatic N) is 3. The monoisotopic (exact) mass is 410 g/mol. The van der Waals surface area contributed by atoms with E-state index in [0.717, 1.165) is 26.0 Å². The highest BCUT2D eigenvalue weighted by Gasteiger charge is 2.14. The number of thiazole rings is 1. The minimum atomic E-state index is -0.205. The number of rotatable bonds is 5. The van der Waals surface area contributed by atoms with Crippen LogP contribution in [0.2, 0.25) is 0 Å². The Kier molecular flexibility index (Phi) is 5.28. The third kappa shape index (κ3) is 4.24. The van der Waals surface area contributed by atoms with Crippen molar-refractivity contribution in [2.75, 3.05) is 5.32 Å². The van der Waals surface area contributed by atoms with Gasteiger partial charge in [-0.15, -0.1) is 22.7 Å². The third-order valence-electron chi connectivity index (χ3n) is 3.67. The third-order valence-corrected chi connectivity index (χ3v) is 6.43. The molecule has 0 saturated heterocycles. The molecule has 0 bridgehead atoms. The summed E-state index contributed by atoms with van der Waals surface area (Å²) in [6, 6.07) is 11.6. The van der Waals surface area contributed by atoms with Gasteiger partial charge in [0.15, 0.2) is 5.16 Å². The lowest BCUT2D eigenvalue weighted by Crippen LogP contribution is -2.13. The number of aromatic nitrogens is 3. The Labute approximate surface area is 168 Å². The fourth-order valence-electron chi connectivity index (χ4n) is 2.36. The van der Waals surface area contributed by atoms with E-state index < -0.39 is 0 Å². The predicted molar refractivity (Wildman–Crippen MR) is 111 cm³/mol. The van der Waals surface area contributed by atoms with E-state index in [2.05, 4.69) is 20.3 Å². The number of hydrogen-bond acceptors (Lipinski definition) is 7. The molecule has 0 aliphatic carbocycles. The van der Waals surface area contributed by atoms with E-state index in [-0.39, 0.29) is 5.91 Å². The van der Waals surface area contributed by atoms with Crippen molar-refractivity contribution in [3.8, 4) is 9.88 Å². The molecule has 27 heavy (non-hydrogen) atoms. The van der Waals surface area contributed by atoms with E-state index in [1.165, 1.54) is 23.1 Å². The second-order valence-electron chi connectivity index (χ2n) is 5.58. The predicted octanol–water partition coefficient (Wildman–Crippen LogP) is 5.37. The summed E-state index contributed by atoms with van der Waals surface area (Å²) in [6.45, 7) is 1.96. The number of benzene rings is 1. The van der Waals surface area contributed by atoms with Crippen LogP contribution in [-0.4, -0.2) is 20.9 Å². The molecule has 3 aromatic heterocycles. The molecule has 3 heterocycles. The first-order valence-electron chi connectivity index (χ1n) is 8.05. The van der Waals surface area contributed by atoms with E-state index in [1.54, 1.807) is 35.2 Å². The highest BCUT2D eigenvalue weighted by Crippen LogP contribution is 2.30. The first-order valence-corrected chi connectivity index (χ1v) is 10.6. The topological polar surface area (TPSA) is 67.8 Å². The summed E-state index contributed by atoms with van der Waals surface area (Å²) in [6.07, 6.45) is 3.43. The summed E-state index contributed by atoms with van der Waals surface area (Å²) in [5, 5.41) is 8.29. The second-order valence-corrected chi connectivity index (χ2v) is 8.43. The van der Waals surface area contributed by atoms with Gasteiger partial charge in [0.25, 0.3) is 5.91 Å². The molecule has 1 aromatic carbocycles. The van der Waals surface area contributed by atoms with Crippen LogP contribution in [0, 0.1) is 6.92 Å². The summed E-state index contributed by atoms with van der Waals surface area (Å²) in [5.74, 6) is -0.205. The minimum absolute atomic E-state index is 0.205. The van der Waals surface area contributed by atoms with Crippen LogP contribution in [0.5, 0.6) is 0 Å². The number of thiophene rings is 1. The molecule has 134 valence electrons. The van der Waals surface area contributed by atoms with Crippen LogP contribution in [0.25, 0.3) is 9.88 Å². The molecule has 1 N–H and O–H groups in total. The fourth-order valence-corrected chi connectivity index (χ4v) is 4.79. The molecule has 5 nitrogen and oxygen atoms in total. The van der Waals surface area contributed by atoms with Gasteiger partial charge in [0.05, 0.1) is 4.88 Å². The van der Waals surface area contributed by atoms with Gasteiger partial charge >= 0.3 is 0 Å². The van der Waals surface area contributed by atoms with Crippen LogP contribution >= 0.6 is 34.4 Å². The highest BCUT2D eigenvalue weighted by molar-refractivity contribution is 7.99. The molecule has 0 fully saturated rings. The Hall–Kier alpha value is -2.55. The zero-order valence-corrected chi connectivity index (χ0v) is 16.7. The smallest absolute Gasteiger partial charge is 0.275 e. The Bertz CT molecular complexity index is 1060. The molecule has 0 spiro atoms. The molecule has 0 unspecified atom stereocenters. The molecule has 0 saturated carbocycles. The van der Waals surface area contributed by atoms with Gasteiger partial charge in [0.2, 0.25) is 0 Å². The molecule has 1 amide bonds. The molecule has 0 atom stereocenters. The molecular formula is C19H14N4OS3. The van der Waals surface area contributed by atoms with Crippen molar-refractivity contribution in [2.45, 2.75) is 17.0 Å². The number of carbonyl (C=O) groups is 1. The van der Waals surface area contributed by atoms with Crippen LogP contribution < -0.4 is 5.32 Å². The Morgan fingerprint density at radius 2 is 1.96 bits per heavy atom. The summed E-state index contributed by atoms with van der Waals surface area (Å²) in [5.41, 5.74) is 2.17. The van der Waals surface area contributed by atoms with Gasteiger partial charge < -0.3 is 5.32 Å². The SMILES string of the molecule is Cc1cc(Sc2ncccn2)ccc1NC(=O)c1csc(-c2cccs2)n1. The highest BCUT2D eigenvalue weighted by atomic mass is 32.2. The zero-order chi connectivity index (χ0) is 18.6. The van der Waals surface area contributed by atoms with Gasteiger partial charge in [-0.05, 0) is 60.0 Å². The first kappa shape index (κ1) is 17.8. The summed E-state index contributed by atoms with van der Waals surface area (Å²) < 4.78 is 0.